The smallest absolute Gasteiger partial charge is 0.330 e. The monoisotopic (exact) mass is 451 g/mol. The average Bonchev–Trinajstić information content (AvgIpc) is 2.30. The van der Waals surface area contributed by atoms with E-state index in [2.05, 4.69) is 6.58 Å². The Labute approximate surface area is 139 Å². The van der Waals surface area contributed by atoms with Crippen LogP contribution in [0, 0.1) is 31.1 Å². The molecule has 0 atom stereocenters. The van der Waals surface area contributed by atoms with Crippen LogP contribution in [0.3, 0.4) is 0 Å². The largest absolute Gasteiger partial charge is 0.478 e. The minimum atomic E-state index is -0.935. The van der Waals surface area contributed by atoms with E-state index in [1.54, 1.807) is 38.5 Å². The van der Waals surface area contributed by atoms with Gasteiger partial charge in [0.25, 0.3) is 0 Å². The molecule has 4 bridgehead atoms. The quantitative estimate of drug-likeness (QED) is 0.453. The van der Waals surface area contributed by atoms with E-state index in [-0.39, 0.29) is 34.1 Å². The normalized spacial score (nSPS) is 31.4. The minimum Gasteiger partial charge on any atom is -0.478 e. The zero-order valence-electron chi connectivity index (χ0n) is 13.5. The van der Waals surface area contributed by atoms with Gasteiger partial charge in [0.2, 0.25) is 0 Å². The fourth-order valence-electron chi connectivity index (χ4n) is 3.98. The maximum absolute atomic E-state index is 9.60. The second kappa shape index (κ2) is 10.6. The molecule has 0 amide bonds. The van der Waals surface area contributed by atoms with Gasteiger partial charge in [-0.15, -0.1) is 0 Å². The van der Waals surface area contributed by atoms with Crippen LogP contribution in [-0.4, -0.2) is 11.1 Å². The summed E-state index contributed by atoms with van der Waals surface area (Å²) in [6.45, 7) is 8.60. The van der Waals surface area contributed by atoms with Gasteiger partial charge in [0, 0.05) is 26.6 Å². The molecule has 0 spiro atoms. The van der Waals surface area contributed by atoms with Gasteiger partial charge in [0.05, 0.1) is 0 Å². The molecule has 4 fully saturated rings. The Bertz CT molecular complexity index is 231. The summed E-state index contributed by atoms with van der Waals surface area (Å²) in [7, 11) is 0. The van der Waals surface area contributed by atoms with Gasteiger partial charge < -0.3 is 12.5 Å². The number of aliphatic carboxylic acids is 1. The molecule has 0 aromatic carbocycles. The van der Waals surface area contributed by atoms with Crippen molar-refractivity contribution in [2.75, 3.05) is 0 Å². The molecular formula is C17H31O2W-. The van der Waals surface area contributed by atoms with Crippen molar-refractivity contribution in [3.63, 3.8) is 0 Å². The van der Waals surface area contributed by atoms with Crippen molar-refractivity contribution in [2.45, 2.75) is 59.3 Å². The van der Waals surface area contributed by atoms with Crippen molar-refractivity contribution in [3.05, 3.63) is 19.6 Å². The van der Waals surface area contributed by atoms with Crippen LogP contribution in [-0.2, 0) is 25.9 Å². The van der Waals surface area contributed by atoms with E-state index in [0.29, 0.717) is 0 Å². The Hall–Kier alpha value is -0.102. The molecule has 3 heteroatoms. The third-order valence-corrected chi connectivity index (χ3v) is 4.37. The summed E-state index contributed by atoms with van der Waals surface area (Å²) in [6.07, 6.45) is 9.62. The number of carbonyl (C=O) groups is 1. The number of carboxylic acid groups (broad SMARTS) is 1. The molecule has 0 unspecified atom stereocenters. The minimum absolute atomic E-state index is 0. The molecular weight excluding hydrogens is 420 g/mol. The molecule has 1 N–H and O–H groups in total. The molecule has 20 heavy (non-hydrogen) atoms. The van der Waals surface area contributed by atoms with Gasteiger partial charge in [-0.05, 0) is 69.1 Å². The van der Waals surface area contributed by atoms with Gasteiger partial charge in [-0.2, -0.15) is 0 Å². The Balaban J connectivity index is 0. The molecule has 0 heterocycles. The predicted molar refractivity (Wildman–Crippen MR) is 81.9 cm³/mol. The van der Waals surface area contributed by atoms with Gasteiger partial charge in [0.1, 0.15) is 0 Å². The zero-order chi connectivity index (χ0) is 13.7. The zero-order valence-corrected chi connectivity index (χ0v) is 16.5. The average molecular weight is 451 g/mol. The Morgan fingerprint density at radius 1 is 0.900 bits per heavy atom. The van der Waals surface area contributed by atoms with Crippen molar-refractivity contribution in [1.29, 1.82) is 0 Å². The van der Waals surface area contributed by atoms with E-state index < -0.39 is 5.97 Å². The van der Waals surface area contributed by atoms with Crippen LogP contribution in [0.1, 0.15) is 59.3 Å². The maximum atomic E-state index is 9.60. The molecule has 118 valence electrons. The van der Waals surface area contributed by atoms with E-state index in [0.717, 1.165) is 0 Å². The standard InChI is InChI=1S/C10H16.C4H6O2.C2H6.CH3.W/c1-7-2-9-4-8(1)5-10(3-7)6-9;1-3(2)4(5)6;1-2;;/h7-10H,1-6H2;1H2,2H3,(H,5,6);1-2H3;1H3;/q;;;-1;. The molecule has 4 aliphatic rings. The molecule has 4 aliphatic carbocycles. The Kier molecular flexibility index (Phi) is 11.8. The van der Waals surface area contributed by atoms with E-state index in [4.69, 9.17) is 5.11 Å². The first-order chi connectivity index (χ1) is 8.54. The molecule has 0 aliphatic heterocycles. The van der Waals surface area contributed by atoms with Crippen LogP contribution < -0.4 is 0 Å². The van der Waals surface area contributed by atoms with Crippen LogP contribution in [0.15, 0.2) is 12.2 Å². The van der Waals surface area contributed by atoms with Gasteiger partial charge >= 0.3 is 5.97 Å². The molecule has 4 saturated carbocycles. The molecule has 0 radical (unpaired) electrons. The summed E-state index contributed by atoms with van der Waals surface area (Å²) in [4.78, 5) is 9.60. The summed E-state index contributed by atoms with van der Waals surface area (Å²) >= 11 is 0. The second-order valence-electron chi connectivity index (χ2n) is 5.96. The first-order valence-corrected chi connectivity index (χ1v) is 7.43. The van der Waals surface area contributed by atoms with Crippen LogP contribution in [0.2, 0.25) is 0 Å². The number of hydrogen-bond acceptors (Lipinski definition) is 1. The van der Waals surface area contributed by atoms with Crippen molar-refractivity contribution in [2.24, 2.45) is 23.7 Å². The topological polar surface area (TPSA) is 37.3 Å². The van der Waals surface area contributed by atoms with E-state index in [9.17, 15) is 4.79 Å². The van der Waals surface area contributed by atoms with Crippen LogP contribution in [0.4, 0.5) is 0 Å². The third kappa shape index (κ3) is 6.57. The third-order valence-electron chi connectivity index (χ3n) is 4.37. The van der Waals surface area contributed by atoms with Gasteiger partial charge in [-0.1, -0.05) is 20.4 Å². The Morgan fingerprint density at radius 3 is 1.15 bits per heavy atom. The molecule has 0 saturated heterocycles. The fraction of sp³-hybridized carbons (Fsp3) is 0.765. The van der Waals surface area contributed by atoms with Gasteiger partial charge in [-0.25, -0.2) is 4.79 Å². The summed E-state index contributed by atoms with van der Waals surface area (Å²) in [6, 6.07) is 0. The van der Waals surface area contributed by atoms with Crippen molar-refractivity contribution in [3.8, 4) is 0 Å². The van der Waals surface area contributed by atoms with Gasteiger partial charge in [-0.3, -0.25) is 0 Å². The fourth-order valence-corrected chi connectivity index (χ4v) is 3.98. The van der Waals surface area contributed by atoms with E-state index in [1.807, 2.05) is 13.8 Å². The van der Waals surface area contributed by atoms with Crippen molar-refractivity contribution >= 4 is 5.97 Å². The summed E-state index contributed by atoms with van der Waals surface area (Å²) in [5, 5.41) is 7.89. The maximum Gasteiger partial charge on any atom is 0.330 e. The number of carboxylic acids is 1. The first kappa shape index (κ1) is 22.2. The SMILES string of the molecule is C1C2CC3CC1CC(C2)C3.C=C(C)C(=O)O.CC.[CH3-].[W]. The summed E-state index contributed by atoms with van der Waals surface area (Å²) in [5.74, 6) is 3.77. The Morgan fingerprint density at radius 2 is 1.05 bits per heavy atom. The molecule has 4 rings (SSSR count). The predicted octanol–water partition coefficient (Wildman–Crippen LogP) is 4.95. The molecule has 0 aromatic rings. The number of rotatable bonds is 1. The second-order valence-corrected chi connectivity index (χ2v) is 5.96. The van der Waals surface area contributed by atoms with Crippen molar-refractivity contribution in [1.82, 2.24) is 0 Å². The van der Waals surface area contributed by atoms with E-state index in [1.165, 1.54) is 30.6 Å². The van der Waals surface area contributed by atoms with Crippen LogP contribution in [0.25, 0.3) is 0 Å². The van der Waals surface area contributed by atoms with Crippen LogP contribution >= 0.6 is 0 Å². The van der Waals surface area contributed by atoms with E-state index >= 15 is 0 Å². The molecule has 0 aromatic heterocycles. The summed E-state index contributed by atoms with van der Waals surface area (Å²) < 4.78 is 0. The summed E-state index contributed by atoms with van der Waals surface area (Å²) in [5.41, 5.74) is 0.176. The molecule has 2 nitrogen and oxygen atoms in total. The van der Waals surface area contributed by atoms with Gasteiger partial charge in [0.15, 0.2) is 0 Å². The van der Waals surface area contributed by atoms with Crippen molar-refractivity contribution < 1.29 is 31.0 Å². The van der Waals surface area contributed by atoms with Crippen LogP contribution in [0.5, 0.6) is 0 Å². The number of hydrogen-bond donors (Lipinski definition) is 1. The first-order valence-electron chi connectivity index (χ1n) is 7.43.